The Bertz CT molecular complexity index is 433. The molecular weight excluding hydrogens is 236 g/mol. The van der Waals surface area contributed by atoms with E-state index in [1.807, 2.05) is 4.90 Å². The van der Waals surface area contributed by atoms with Crippen molar-refractivity contribution in [3.63, 3.8) is 0 Å². The second-order valence-corrected chi connectivity index (χ2v) is 4.99. The van der Waals surface area contributed by atoms with Gasteiger partial charge in [-0.3, -0.25) is 4.79 Å². The first-order valence-corrected chi connectivity index (χ1v) is 6.33. The molecule has 4 heteroatoms. The molecule has 1 aromatic carbocycles. The van der Waals surface area contributed by atoms with Crippen LogP contribution in [0, 0.1) is 0 Å². The lowest BCUT2D eigenvalue weighted by molar-refractivity contribution is 0.0636. The van der Waals surface area contributed by atoms with Crippen molar-refractivity contribution < 1.29 is 4.79 Å². The number of carbonyl (C=O) groups is 1. The number of carbonyl (C=O) groups excluding carboxylic acids is 1. The molecule has 1 aromatic rings. The van der Waals surface area contributed by atoms with Crippen molar-refractivity contribution in [2.75, 3.05) is 12.3 Å². The van der Waals surface area contributed by atoms with E-state index in [-0.39, 0.29) is 5.91 Å². The molecular formula is C13H17ClN2O. The molecule has 1 aliphatic heterocycles. The fraction of sp³-hybridized carbons (Fsp3) is 0.462. The highest BCUT2D eigenvalue weighted by Crippen LogP contribution is 2.24. The molecule has 1 fully saturated rings. The van der Waals surface area contributed by atoms with Crippen LogP contribution in [0.2, 0.25) is 5.02 Å². The van der Waals surface area contributed by atoms with Gasteiger partial charge in [0.2, 0.25) is 0 Å². The number of nitrogens with zero attached hydrogens (tertiary/aromatic N) is 1. The smallest absolute Gasteiger partial charge is 0.255 e. The van der Waals surface area contributed by atoms with Crippen molar-refractivity contribution in [2.24, 2.45) is 0 Å². The minimum absolute atomic E-state index is 0.0159. The molecule has 3 nitrogen and oxygen atoms in total. The average Bonchev–Trinajstić information content (AvgIpc) is 2.29. The Morgan fingerprint density at radius 1 is 1.47 bits per heavy atom. The van der Waals surface area contributed by atoms with Gasteiger partial charge in [-0.05, 0) is 44.4 Å². The molecule has 17 heavy (non-hydrogen) atoms. The minimum Gasteiger partial charge on any atom is -0.399 e. The molecule has 0 spiro atoms. The monoisotopic (exact) mass is 252 g/mol. The number of nitrogen functional groups attached to an aromatic ring is 1. The summed E-state index contributed by atoms with van der Waals surface area (Å²) in [6.07, 6.45) is 3.33. The van der Waals surface area contributed by atoms with Crippen molar-refractivity contribution in [2.45, 2.75) is 32.2 Å². The first-order chi connectivity index (χ1) is 8.09. The number of nitrogens with two attached hydrogens (primary N) is 1. The predicted octanol–water partition coefficient (Wildman–Crippen LogP) is 2.94. The summed E-state index contributed by atoms with van der Waals surface area (Å²) in [6, 6.07) is 5.35. The third-order valence-electron chi connectivity index (χ3n) is 3.29. The van der Waals surface area contributed by atoms with Crippen molar-refractivity contribution in [3.8, 4) is 0 Å². The molecule has 92 valence electrons. The summed E-state index contributed by atoms with van der Waals surface area (Å²) < 4.78 is 0. The van der Waals surface area contributed by atoms with Gasteiger partial charge in [-0.1, -0.05) is 11.6 Å². The topological polar surface area (TPSA) is 46.3 Å². The Balaban J connectivity index is 2.24. The molecule has 1 heterocycles. The molecule has 0 unspecified atom stereocenters. The molecule has 2 rings (SSSR count). The van der Waals surface area contributed by atoms with Crippen LogP contribution in [0.25, 0.3) is 0 Å². The summed E-state index contributed by atoms with van der Waals surface area (Å²) in [5.41, 5.74) is 6.76. The lowest BCUT2D eigenvalue weighted by Crippen LogP contribution is -2.42. The molecule has 0 aliphatic carbocycles. The summed E-state index contributed by atoms with van der Waals surface area (Å²) in [5, 5.41) is 0.438. The molecule has 0 radical (unpaired) electrons. The first-order valence-electron chi connectivity index (χ1n) is 5.95. The van der Waals surface area contributed by atoms with Gasteiger partial charge in [-0.15, -0.1) is 0 Å². The van der Waals surface area contributed by atoms with Crippen LogP contribution in [0.4, 0.5) is 5.69 Å². The summed E-state index contributed by atoms with van der Waals surface area (Å²) in [4.78, 5) is 14.2. The van der Waals surface area contributed by atoms with E-state index in [2.05, 4.69) is 6.92 Å². The van der Waals surface area contributed by atoms with Crippen LogP contribution >= 0.6 is 11.6 Å². The first kappa shape index (κ1) is 12.2. The van der Waals surface area contributed by atoms with Gasteiger partial charge in [-0.2, -0.15) is 0 Å². The van der Waals surface area contributed by atoms with Gasteiger partial charge in [0.15, 0.2) is 0 Å². The van der Waals surface area contributed by atoms with Crippen molar-refractivity contribution in [3.05, 3.63) is 28.8 Å². The molecule has 0 bridgehead atoms. The van der Waals surface area contributed by atoms with E-state index in [0.29, 0.717) is 22.3 Å². The largest absolute Gasteiger partial charge is 0.399 e. The highest BCUT2D eigenvalue weighted by Gasteiger charge is 2.25. The lowest BCUT2D eigenvalue weighted by Gasteiger charge is -2.33. The zero-order valence-electron chi connectivity index (χ0n) is 9.95. The number of likely N-dealkylation sites (tertiary alicyclic amines) is 1. The Hall–Kier alpha value is -1.22. The molecule has 1 aliphatic rings. The van der Waals surface area contributed by atoms with Crippen LogP contribution in [0.1, 0.15) is 36.5 Å². The van der Waals surface area contributed by atoms with Crippen LogP contribution in [-0.4, -0.2) is 23.4 Å². The Kier molecular flexibility index (Phi) is 3.57. The highest BCUT2D eigenvalue weighted by atomic mass is 35.5. The van der Waals surface area contributed by atoms with Gasteiger partial charge in [-0.25, -0.2) is 0 Å². The fourth-order valence-electron chi connectivity index (χ4n) is 2.26. The van der Waals surface area contributed by atoms with Crippen LogP contribution in [-0.2, 0) is 0 Å². The van der Waals surface area contributed by atoms with E-state index in [1.165, 1.54) is 6.42 Å². The molecule has 1 amide bonds. The molecule has 1 atom stereocenters. The van der Waals surface area contributed by atoms with E-state index in [9.17, 15) is 4.79 Å². The second-order valence-electron chi connectivity index (χ2n) is 4.58. The maximum atomic E-state index is 12.3. The zero-order valence-corrected chi connectivity index (χ0v) is 10.7. The third kappa shape index (κ3) is 2.55. The maximum Gasteiger partial charge on any atom is 0.255 e. The van der Waals surface area contributed by atoms with E-state index in [1.54, 1.807) is 18.2 Å². The van der Waals surface area contributed by atoms with Gasteiger partial charge < -0.3 is 10.6 Å². The number of benzene rings is 1. The van der Waals surface area contributed by atoms with Gasteiger partial charge in [0, 0.05) is 18.3 Å². The normalized spacial score (nSPS) is 20.4. The average molecular weight is 253 g/mol. The zero-order chi connectivity index (χ0) is 12.4. The van der Waals surface area contributed by atoms with Crippen molar-refractivity contribution in [1.82, 2.24) is 4.90 Å². The Labute approximate surface area is 107 Å². The molecule has 1 saturated heterocycles. The molecule has 0 aromatic heterocycles. The van der Waals surface area contributed by atoms with Crippen molar-refractivity contribution >= 4 is 23.2 Å². The summed E-state index contributed by atoms with van der Waals surface area (Å²) >= 11 is 6.06. The molecule has 0 saturated carbocycles. The van der Waals surface area contributed by atoms with E-state index >= 15 is 0 Å². The number of hydrogen-bond acceptors (Lipinski definition) is 2. The van der Waals surface area contributed by atoms with Gasteiger partial charge in [0.05, 0.1) is 10.6 Å². The number of rotatable bonds is 1. The van der Waals surface area contributed by atoms with E-state index in [4.69, 9.17) is 17.3 Å². The Morgan fingerprint density at radius 2 is 2.24 bits per heavy atom. The summed E-state index contributed by atoms with van der Waals surface area (Å²) in [5.74, 6) is 0.0159. The van der Waals surface area contributed by atoms with Crippen LogP contribution in [0.15, 0.2) is 18.2 Å². The van der Waals surface area contributed by atoms with Gasteiger partial charge >= 0.3 is 0 Å². The number of halogens is 1. The Morgan fingerprint density at radius 3 is 2.88 bits per heavy atom. The van der Waals surface area contributed by atoms with E-state index in [0.717, 1.165) is 19.4 Å². The molecule has 2 N–H and O–H groups in total. The maximum absolute atomic E-state index is 12.3. The minimum atomic E-state index is 0.0159. The van der Waals surface area contributed by atoms with Crippen LogP contribution < -0.4 is 5.73 Å². The standard InChI is InChI=1S/C13H17ClN2O/c1-9-4-2-3-7-16(9)13(17)11-6-5-10(15)8-12(11)14/h5-6,8-9H,2-4,7,15H2,1H3/t9-/m1/s1. The third-order valence-corrected chi connectivity index (χ3v) is 3.60. The SMILES string of the molecule is C[C@@H]1CCCCN1C(=O)c1ccc(N)cc1Cl. The highest BCUT2D eigenvalue weighted by molar-refractivity contribution is 6.34. The van der Waals surface area contributed by atoms with E-state index < -0.39 is 0 Å². The number of amides is 1. The van der Waals surface area contributed by atoms with Gasteiger partial charge in [0.25, 0.3) is 5.91 Å². The second kappa shape index (κ2) is 4.96. The van der Waals surface area contributed by atoms with Gasteiger partial charge in [0.1, 0.15) is 0 Å². The number of piperidine rings is 1. The van der Waals surface area contributed by atoms with Crippen molar-refractivity contribution in [1.29, 1.82) is 0 Å². The fourth-order valence-corrected chi connectivity index (χ4v) is 2.53. The van der Waals surface area contributed by atoms with Crippen LogP contribution in [0.3, 0.4) is 0 Å². The lowest BCUT2D eigenvalue weighted by atomic mass is 10.0. The van der Waals surface area contributed by atoms with Crippen LogP contribution in [0.5, 0.6) is 0 Å². The number of hydrogen-bond donors (Lipinski definition) is 1. The number of anilines is 1. The summed E-state index contributed by atoms with van der Waals surface area (Å²) in [6.45, 7) is 2.91. The quantitative estimate of drug-likeness (QED) is 0.781. The summed E-state index contributed by atoms with van der Waals surface area (Å²) in [7, 11) is 0. The predicted molar refractivity (Wildman–Crippen MR) is 70.2 cm³/mol.